The summed E-state index contributed by atoms with van der Waals surface area (Å²) in [5.74, 6) is 2.29. The van der Waals surface area contributed by atoms with Gasteiger partial charge in [0.05, 0.1) is 19.8 Å². The molecule has 0 fully saturated rings. The van der Waals surface area contributed by atoms with Gasteiger partial charge in [0.15, 0.2) is 5.82 Å². The third kappa shape index (κ3) is 4.67. The van der Waals surface area contributed by atoms with Crippen molar-refractivity contribution in [1.29, 1.82) is 0 Å². The van der Waals surface area contributed by atoms with E-state index in [9.17, 15) is 4.79 Å². The van der Waals surface area contributed by atoms with Crippen molar-refractivity contribution in [3.63, 3.8) is 0 Å². The molecule has 1 aliphatic heterocycles. The predicted octanol–water partition coefficient (Wildman–Crippen LogP) is 4.04. The number of anilines is 1. The second kappa shape index (κ2) is 9.95. The number of hydrogen-bond acceptors (Lipinski definition) is 7. The Hall–Kier alpha value is -3.20. The van der Waals surface area contributed by atoms with Crippen LogP contribution in [0.3, 0.4) is 0 Å². The van der Waals surface area contributed by atoms with Crippen molar-refractivity contribution in [2.45, 2.75) is 43.1 Å². The van der Waals surface area contributed by atoms with Gasteiger partial charge in [0.1, 0.15) is 16.7 Å². The predicted molar refractivity (Wildman–Crippen MR) is 125 cm³/mol. The molecule has 0 spiro atoms. The molecule has 168 valence electrons. The summed E-state index contributed by atoms with van der Waals surface area (Å²) in [5.41, 5.74) is 5.17. The molecule has 1 amide bonds. The van der Waals surface area contributed by atoms with Gasteiger partial charge in [0.25, 0.3) is 0 Å². The zero-order chi connectivity index (χ0) is 22.5. The second-order valence-electron chi connectivity index (χ2n) is 7.35. The summed E-state index contributed by atoms with van der Waals surface area (Å²) in [5, 5.41) is 11.9. The lowest BCUT2D eigenvalue weighted by atomic mass is 10.0. The van der Waals surface area contributed by atoms with E-state index in [2.05, 4.69) is 27.9 Å². The highest BCUT2D eigenvalue weighted by Gasteiger charge is 2.37. The van der Waals surface area contributed by atoms with Crippen LogP contribution < -0.4 is 20.2 Å². The van der Waals surface area contributed by atoms with Gasteiger partial charge in [-0.2, -0.15) is 0 Å². The van der Waals surface area contributed by atoms with Gasteiger partial charge in [-0.1, -0.05) is 30.8 Å². The Kier molecular flexibility index (Phi) is 6.84. The van der Waals surface area contributed by atoms with E-state index in [1.54, 1.807) is 7.11 Å². The molecule has 2 atom stereocenters. The van der Waals surface area contributed by atoms with E-state index in [1.807, 2.05) is 60.1 Å². The van der Waals surface area contributed by atoms with Crippen LogP contribution >= 0.6 is 11.8 Å². The van der Waals surface area contributed by atoms with Crippen LogP contribution in [-0.2, 0) is 11.2 Å². The molecule has 0 saturated carbocycles. The third-order valence-corrected chi connectivity index (χ3v) is 6.36. The smallest absolute Gasteiger partial charge is 0.240 e. The van der Waals surface area contributed by atoms with E-state index in [-0.39, 0.29) is 11.9 Å². The number of hydrogen-bond donors (Lipinski definition) is 2. The van der Waals surface area contributed by atoms with Crippen molar-refractivity contribution in [3.8, 4) is 11.5 Å². The third-order valence-electron chi connectivity index (χ3n) is 5.14. The van der Waals surface area contributed by atoms with Crippen LogP contribution in [0.2, 0.25) is 0 Å². The summed E-state index contributed by atoms with van der Waals surface area (Å²) in [6.07, 6.45) is 1.76. The van der Waals surface area contributed by atoms with Crippen LogP contribution in [-0.4, -0.2) is 39.7 Å². The minimum atomic E-state index is -0.443. The first-order valence-electron chi connectivity index (χ1n) is 10.7. The van der Waals surface area contributed by atoms with E-state index in [0.717, 1.165) is 35.7 Å². The molecule has 1 aliphatic rings. The lowest BCUT2D eigenvalue weighted by Gasteiger charge is -2.33. The summed E-state index contributed by atoms with van der Waals surface area (Å²) < 4.78 is 12.7. The quantitative estimate of drug-likeness (QED) is 0.532. The number of carbonyl (C=O) groups is 1. The number of nitrogens with zero attached hydrogens (tertiary/aromatic N) is 3. The molecule has 8 nitrogen and oxygen atoms in total. The summed E-state index contributed by atoms with van der Waals surface area (Å²) >= 11 is 1.41. The number of fused-ring (bicyclic) bond motifs is 1. The van der Waals surface area contributed by atoms with Crippen molar-refractivity contribution in [3.05, 3.63) is 59.9 Å². The number of methoxy groups -OCH3 is 1. The van der Waals surface area contributed by atoms with E-state index >= 15 is 0 Å². The van der Waals surface area contributed by atoms with Gasteiger partial charge >= 0.3 is 0 Å². The van der Waals surface area contributed by atoms with Crippen molar-refractivity contribution in [2.24, 2.45) is 0 Å². The highest BCUT2D eigenvalue weighted by Crippen LogP contribution is 2.38. The Morgan fingerprint density at radius 3 is 2.47 bits per heavy atom. The molecule has 2 aromatic carbocycles. The fraction of sp³-hybridized carbons (Fsp3) is 0.348. The van der Waals surface area contributed by atoms with Gasteiger partial charge in [0, 0.05) is 12.1 Å². The maximum Gasteiger partial charge on any atom is 0.240 e. The first-order valence-corrected chi connectivity index (χ1v) is 11.6. The highest BCUT2D eigenvalue weighted by atomic mass is 32.2. The molecule has 0 bridgehead atoms. The minimum Gasteiger partial charge on any atom is -0.497 e. The van der Waals surface area contributed by atoms with E-state index in [4.69, 9.17) is 9.47 Å². The average molecular weight is 454 g/mol. The molecule has 0 saturated heterocycles. The van der Waals surface area contributed by atoms with Gasteiger partial charge < -0.3 is 20.2 Å². The number of rotatable bonds is 8. The largest absolute Gasteiger partial charge is 0.497 e. The molecule has 32 heavy (non-hydrogen) atoms. The number of nitrogens with one attached hydrogen (secondary N) is 2. The first-order chi connectivity index (χ1) is 15.6. The van der Waals surface area contributed by atoms with Crippen molar-refractivity contribution in [2.75, 3.05) is 24.5 Å². The van der Waals surface area contributed by atoms with Gasteiger partial charge in [-0.3, -0.25) is 4.79 Å². The van der Waals surface area contributed by atoms with Crippen LogP contribution in [0.25, 0.3) is 0 Å². The molecule has 3 aromatic rings. The van der Waals surface area contributed by atoms with E-state index in [0.29, 0.717) is 17.5 Å². The van der Waals surface area contributed by atoms with Crippen LogP contribution in [0.5, 0.6) is 11.5 Å². The molecule has 2 N–H and O–H groups in total. The highest BCUT2D eigenvalue weighted by molar-refractivity contribution is 8.00. The zero-order valence-corrected chi connectivity index (χ0v) is 19.2. The number of amides is 1. The Labute approximate surface area is 191 Å². The number of carbonyl (C=O) groups excluding carboxylic acids is 1. The summed E-state index contributed by atoms with van der Waals surface area (Å²) in [6.45, 7) is 4.64. The van der Waals surface area contributed by atoms with Crippen molar-refractivity contribution < 1.29 is 14.3 Å². The van der Waals surface area contributed by atoms with Crippen LogP contribution in [0.15, 0.2) is 53.7 Å². The Bertz CT molecular complexity index is 1050. The van der Waals surface area contributed by atoms with E-state index < -0.39 is 5.25 Å². The molecular weight excluding hydrogens is 426 g/mol. The maximum absolute atomic E-state index is 13.3. The topological polar surface area (TPSA) is 90.3 Å². The lowest BCUT2D eigenvalue weighted by Crippen LogP contribution is -2.41. The van der Waals surface area contributed by atoms with Gasteiger partial charge in [-0.15, -0.1) is 10.2 Å². The Morgan fingerprint density at radius 2 is 1.81 bits per heavy atom. The number of thioether (sulfide) groups is 1. The molecule has 9 heteroatoms. The molecular formula is C23H27N5O3S. The fourth-order valence-electron chi connectivity index (χ4n) is 3.56. The van der Waals surface area contributed by atoms with Crippen LogP contribution in [0.1, 0.15) is 37.7 Å². The molecule has 0 aliphatic carbocycles. The second-order valence-corrected chi connectivity index (χ2v) is 8.46. The van der Waals surface area contributed by atoms with Crippen LogP contribution in [0.4, 0.5) is 5.69 Å². The van der Waals surface area contributed by atoms with Gasteiger partial charge in [-0.25, -0.2) is 4.68 Å². The summed E-state index contributed by atoms with van der Waals surface area (Å²) in [6, 6.07) is 14.9. The minimum absolute atomic E-state index is 0.112. The number of ether oxygens (including phenoxy) is 2. The number of benzene rings is 2. The Morgan fingerprint density at radius 1 is 1.09 bits per heavy atom. The van der Waals surface area contributed by atoms with Gasteiger partial charge in [0.2, 0.25) is 11.1 Å². The number of aromatic nitrogens is 3. The molecule has 0 unspecified atom stereocenters. The van der Waals surface area contributed by atoms with E-state index in [1.165, 1.54) is 11.8 Å². The maximum atomic E-state index is 13.3. The number of aryl methyl sites for hydroxylation is 1. The fourth-order valence-corrected chi connectivity index (χ4v) is 4.66. The first kappa shape index (κ1) is 22.0. The molecule has 2 heterocycles. The Balaban J connectivity index is 1.60. The average Bonchev–Trinajstić information content (AvgIpc) is 3.22. The van der Waals surface area contributed by atoms with Crippen LogP contribution in [0, 0.1) is 0 Å². The standard InChI is InChI=1S/C23H27N5O3S/c1-4-6-19-25-26-23-28(19)27-20(15-7-11-17(30-3)12-8-15)21(32-23)22(29)24-16-9-13-18(14-10-16)31-5-2/h7-14,20-21,27H,4-6H2,1-3H3,(H,24,29)/t20-,21-/m1/s1. The monoisotopic (exact) mass is 453 g/mol. The lowest BCUT2D eigenvalue weighted by molar-refractivity contribution is -0.116. The molecule has 1 aromatic heterocycles. The summed E-state index contributed by atoms with van der Waals surface area (Å²) in [4.78, 5) is 13.3. The van der Waals surface area contributed by atoms with Crippen molar-refractivity contribution >= 4 is 23.4 Å². The summed E-state index contributed by atoms with van der Waals surface area (Å²) in [7, 11) is 1.64. The van der Waals surface area contributed by atoms with Gasteiger partial charge in [-0.05, 0) is 55.3 Å². The zero-order valence-electron chi connectivity index (χ0n) is 18.4. The normalized spacial score (nSPS) is 17.2. The molecule has 0 radical (unpaired) electrons. The molecule has 4 rings (SSSR count). The SMILES string of the molecule is CCCc1nnc2n1N[C@H](c1ccc(OC)cc1)[C@H](C(=O)Nc1ccc(OCC)cc1)S2. The van der Waals surface area contributed by atoms with Crippen molar-refractivity contribution in [1.82, 2.24) is 14.9 Å².